The fraction of sp³-hybridized carbons (Fsp3) is 0.615. The maximum absolute atomic E-state index is 5.55. The van der Waals surface area contributed by atoms with E-state index in [1.165, 1.54) is 0 Å². The largest absolute Gasteiger partial charge is 0.373 e. The summed E-state index contributed by atoms with van der Waals surface area (Å²) in [7, 11) is 1.85. The van der Waals surface area contributed by atoms with Crippen molar-refractivity contribution in [3.05, 3.63) is 23.9 Å². The molecule has 1 aromatic heterocycles. The molecule has 96 valence electrons. The summed E-state index contributed by atoms with van der Waals surface area (Å²) < 4.78 is 11.1. The number of aromatic nitrogens is 1. The number of ether oxygens (including phenoxy) is 2. The lowest BCUT2D eigenvalue weighted by atomic mass is 10.2. The summed E-state index contributed by atoms with van der Waals surface area (Å²) in [6.07, 6.45) is 0. The second kappa shape index (κ2) is 6.57. The first-order valence-electron chi connectivity index (χ1n) is 5.86. The Hall–Kier alpha value is -1.13. The third-order valence-electron chi connectivity index (χ3n) is 2.08. The molecule has 0 aliphatic carbocycles. The molecular weight excluding hydrogens is 216 g/mol. The van der Waals surface area contributed by atoms with E-state index in [2.05, 4.69) is 10.3 Å². The molecule has 0 amide bonds. The van der Waals surface area contributed by atoms with Crippen LogP contribution in [0.25, 0.3) is 0 Å². The lowest BCUT2D eigenvalue weighted by Crippen LogP contribution is -2.21. The van der Waals surface area contributed by atoms with Crippen molar-refractivity contribution in [2.45, 2.75) is 33.0 Å². The predicted molar refractivity (Wildman–Crippen MR) is 69.1 cm³/mol. The number of anilines is 1. The summed E-state index contributed by atoms with van der Waals surface area (Å²) in [4.78, 5) is 4.36. The van der Waals surface area contributed by atoms with Crippen LogP contribution in [0.4, 0.5) is 5.82 Å². The van der Waals surface area contributed by atoms with Crippen LogP contribution in [-0.2, 0) is 16.1 Å². The zero-order valence-corrected chi connectivity index (χ0v) is 11.1. The van der Waals surface area contributed by atoms with Gasteiger partial charge in [-0.3, -0.25) is 0 Å². The zero-order valence-electron chi connectivity index (χ0n) is 11.1. The maximum Gasteiger partial charge on any atom is 0.126 e. The summed E-state index contributed by atoms with van der Waals surface area (Å²) in [5.74, 6) is 0.858. The van der Waals surface area contributed by atoms with E-state index in [-0.39, 0.29) is 5.60 Å². The van der Waals surface area contributed by atoms with Crippen molar-refractivity contribution in [2.24, 2.45) is 0 Å². The van der Waals surface area contributed by atoms with E-state index < -0.39 is 0 Å². The molecular formula is C13H22N2O2. The maximum atomic E-state index is 5.55. The zero-order chi connectivity index (χ0) is 12.7. The van der Waals surface area contributed by atoms with Crippen LogP contribution in [0.3, 0.4) is 0 Å². The Balaban J connectivity index is 2.22. The second-order valence-corrected chi connectivity index (χ2v) is 4.78. The van der Waals surface area contributed by atoms with Gasteiger partial charge in [0.2, 0.25) is 0 Å². The summed E-state index contributed by atoms with van der Waals surface area (Å²) in [5, 5.41) is 3.00. The van der Waals surface area contributed by atoms with Crippen LogP contribution < -0.4 is 5.32 Å². The van der Waals surface area contributed by atoms with Gasteiger partial charge in [-0.1, -0.05) is 6.07 Å². The van der Waals surface area contributed by atoms with Crippen molar-refractivity contribution in [2.75, 3.05) is 25.6 Å². The third-order valence-corrected chi connectivity index (χ3v) is 2.08. The van der Waals surface area contributed by atoms with E-state index in [1.54, 1.807) is 0 Å². The van der Waals surface area contributed by atoms with Gasteiger partial charge in [0.1, 0.15) is 5.82 Å². The summed E-state index contributed by atoms with van der Waals surface area (Å²) in [5.41, 5.74) is 0.820. The Morgan fingerprint density at radius 3 is 2.65 bits per heavy atom. The molecule has 0 saturated heterocycles. The Morgan fingerprint density at radius 2 is 2.00 bits per heavy atom. The van der Waals surface area contributed by atoms with E-state index >= 15 is 0 Å². The smallest absolute Gasteiger partial charge is 0.126 e. The van der Waals surface area contributed by atoms with Crippen LogP contribution in [0, 0.1) is 0 Å². The number of nitrogens with zero attached hydrogens (tertiary/aromatic N) is 1. The Kier molecular flexibility index (Phi) is 5.38. The van der Waals surface area contributed by atoms with Crippen LogP contribution >= 0.6 is 0 Å². The van der Waals surface area contributed by atoms with E-state index in [9.17, 15) is 0 Å². The van der Waals surface area contributed by atoms with Crippen LogP contribution in [-0.4, -0.2) is 30.8 Å². The normalized spacial score (nSPS) is 11.5. The number of hydrogen-bond acceptors (Lipinski definition) is 4. The van der Waals surface area contributed by atoms with Gasteiger partial charge >= 0.3 is 0 Å². The molecule has 4 heteroatoms. The summed E-state index contributed by atoms with van der Waals surface area (Å²) in [6, 6.07) is 5.83. The Labute approximate surface area is 103 Å². The Morgan fingerprint density at radius 1 is 1.24 bits per heavy atom. The minimum atomic E-state index is -0.104. The van der Waals surface area contributed by atoms with Crippen LogP contribution in [0.5, 0.6) is 0 Å². The van der Waals surface area contributed by atoms with Crippen molar-refractivity contribution in [3.63, 3.8) is 0 Å². The van der Waals surface area contributed by atoms with Crippen molar-refractivity contribution in [3.8, 4) is 0 Å². The van der Waals surface area contributed by atoms with Crippen LogP contribution in [0.15, 0.2) is 18.2 Å². The van der Waals surface area contributed by atoms with E-state index in [4.69, 9.17) is 9.47 Å². The average Bonchev–Trinajstić information content (AvgIpc) is 2.27. The summed E-state index contributed by atoms with van der Waals surface area (Å²) in [6.45, 7) is 7.81. The van der Waals surface area contributed by atoms with Gasteiger partial charge in [-0.15, -0.1) is 0 Å². The second-order valence-electron chi connectivity index (χ2n) is 4.78. The average molecular weight is 238 g/mol. The highest BCUT2D eigenvalue weighted by molar-refractivity contribution is 5.33. The topological polar surface area (TPSA) is 43.4 Å². The number of nitrogens with one attached hydrogen (secondary N) is 1. The predicted octanol–water partition coefficient (Wildman–Crippen LogP) is 2.46. The molecule has 0 radical (unpaired) electrons. The highest BCUT2D eigenvalue weighted by Crippen LogP contribution is 2.07. The van der Waals surface area contributed by atoms with Crippen LogP contribution in [0.1, 0.15) is 26.5 Å². The SMILES string of the molecule is CNc1cccc(COCCOC(C)(C)C)n1. The molecule has 0 aliphatic heterocycles. The number of rotatable bonds is 6. The molecule has 1 aromatic rings. The fourth-order valence-corrected chi connectivity index (χ4v) is 1.28. The lowest BCUT2D eigenvalue weighted by molar-refractivity contribution is -0.0380. The standard InChI is InChI=1S/C13H22N2O2/c1-13(2,3)17-9-8-16-10-11-6-5-7-12(14-4)15-11/h5-7H,8-10H2,1-4H3,(H,14,15). The first-order valence-corrected chi connectivity index (χ1v) is 5.86. The molecule has 4 nitrogen and oxygen atoms in total. The van der Waals surface area contributed by atoms with Crippen molar-refractivity contribution < 1.29 is 9.47 Å². The first kappa shape index (κ1) is 13.9. The molecule has 1 rings (SSSR count). The Bertz CT molecular complexity index is 334. The molecule has 0 fully saturated rings. The molecule has 17 heavy (non-hydrogen) atoms. The van der Waals surface area contributed by atoms with Gasteiger partial charge in [0.15, 0.2) is 0 Å². The monoisotopic (exact) mass is 238 g/mol. The van der Waals surface area contributed by atoms with Gasteiger partial charge in [0, 0.05) is 7.05 Å². The van der Waals surface area contributed by atoms with Crippen LogP contribution in [0.2, 0.25) is 0 Å². The molecule has 0 unspecified atom stereocenters. The van der Waals surface area contributed by atoms with Gasteiger partial charge in [-0.2, -0.15) is 0 Å². The minimum absolute atomic E-state index is 0.104. The number of hydrogen-bond donors (Lipinski definition) is 1. The molecule has 0 aliphatic rings. The van der Waals surface area contributed by atoms with Crippen molar-refractivity contribution in [1.82, 2.24) is 4.98 Å². The lowest BCUT2D eigenvalue weighted by Gasteiger charge is -2.19. The van der Waals surface area contributed by atoms with Crippen molar-refractivity contribution >= 4 is 5.82 Å². The summed E-state index contributed by atoms with van der Waals surface area (Å²) >= 11 is 0. The van der Waals surface area contributed by atoms with Gasteiger partial charge < -0.3 is 14.8 Å². The highest BCUT2D eigenvalue weighted by Gasteiger charge is 2.08. The quantitative estimate of drug-likeness (QED) is 0.773. The molecule has 0 saturated carbocycles. The molecule has 0 aromatic carbocycles. The van der Waals surface area contributed by atoms with Gasteiger partial charge in [0.05, 0.1) is 31.1 Å². The third kappa shape index (κ3) is 6.24. The molecule has 0 atom stereocenters. The molecule has 0 spiro atoms. The number of pyridine rings is 1. The molecule has 1 heterocycles. The highest BCUT2D eigenvalue weighted by atomic mass is 16.5. The van der Waals surface area contributed by atoms with Crippen molar-refractivity contribution in [1.29, 1.82) is 0 Å². The molecule has 1 N–H and O–H groups in total. The first-order chi connectivity index (χ1) is 8.01. The van der Waals surface area contributed by atoms with E-state index in [1.807, 2.05) is 46.0 Å². The van der Waals surface area contributed by atoms with Gasteiger partial charge in [0.25, 0.3) is 0 Å². The van der Waals surface area contributed by atoms with E-state index in [0.717, 1.165) is 11.5 Å². The van der Waals surface area contributed by atoms with Gasteiger partial charge in [-0.25, -0.2) is 4.98 Å². The van der Waals surface area contributed by atoms with Gasteiger partial charge in [-0.05, 0) is 32.9 Å². The molecule has 0 bridgehead atoms. The minimum Gasteiger partial charge on any atom is -0.373 e. The fourth-order valence-electron chi connectivity index (χ4n) is 1.28. The van der Waals surface area contributed by atoms with E-state index in [0.29, 0.717) is 19.8 Å².